The van der Waals surface area contributed by atoms with E-state index in [0.29, 0.717) is 18.4 Å². The number of carbonyl (C=O) groups is 1. The molecule has 8 heteroatoms. The maximum absolute atomic E-state index is 12.7. The second-order valence-corrected chi connectivity index (χ2v) is 5.78. The second-order valence-electron chi connectivity index (χ2n) is 5.78. The van der Waals surface area contributed by atoms with Gasteiger partial charge in [0.05, 0.1) is 0 Å². The van der Waals surface area contributed by atoms with Crippen LogP contribution in [-0.2, 0) is 4.74 Å². The molecule has 2 aliphatic rings. The molecule has 3 rings (SSSR count). The lowest BCUT2D eigenvalue weighted by Crippen LogP contribution is -2.47. The van der Waals surface area contributed by atoms with Crippen molar-refractivity contribution in [1.29, 1.82) is 0 Å². The number of halogens is 2. The summed E-state index contributed by atoms with van der Waals surface area (Å²) in [5.41, 5.74) is -0.424. The van der Waals surface area contributed by atoms with Crippen molar-refractivity contribution in [2.24, 2.45) is 0 Å². The fourth-order valence-electron chi connectivity index (χ4n) is 2.96. The highest BCUT2D eigenvalue weighted by Gasteiger charge is 2.30. The SMILES string of the molecule is CN1C(NC(=O)c2cccc(C(F)F)n2)=CCN1C1CCOCC1. The number of rotatable bonds is 4. The number of carbonyl (C=O) groups excluding carboxylic acids is 1. The van der Waals surface area contributed by atoms with Gasteiger partial charge < -0.3 is 10.1 Å². The van der Waals surface area contributed by atoms with Gasteiger partial charge in [-0.05, 0) is 31.1 Å². The molecule has 0 aliphatic carbocycles. The van der Waals surface area contributed by atoms with Gasteiger partial charge in [-0.15, -0.1) is 0 Å². The van der Waals surface area contributed by atoms with E-state index in [9.17, 15) is 13.6 Å². The Morgan fingerprint density at radius 2 is 2.12 bits per heavy atom. The number of aromatic nitrogens is 1. The average Bonchev–Trinajstić information content (AvgIpc) is 2.96. The van der Waals surface area contributed by atoms with Crippen LogP contribution in [-0.4, -0.2) is 53.8 Å². The zero-order chi connectivity index (χ0) is 17.1. The van der Waals surface area contributed by atoms with Crippen molar-refractivity contribution in [2.75, 3.05) is 26.8 Å². The van der Waals surface area contributed by atoms with Gasteiger partial charge in [-0.3, -0.25) is 9.80 Å². The Balaban J connectivity index is 1.63. The standard InChI is InChI=1S/C16H20F2N4O2/c1-21-14(5-8-22(21)11-6-9-24-10-7-11)20-16(23)13-4-2-3-12(19-13)15(17)18/h2-5,11,15H,6-10H2,1H3,(H,20,23). The van der Waals surface area contributed by atoms with Crippen LogP contribution in [0, 0.1) is 0 Å². The number of ether oxygens (including phenoxy) is 1. The Bertz CT molecular complexity index is 632. The van der Waals surface area contributed by atoms with Gasteiger partial charge in [0.2, 0.25) is 0 Å². The minimum absolute atomic E-state index is 0.0217. The molecular formula is C16H20F2N4O2. The molecular weight excluding hydrogens is 318 g/mol. The van der Waals surface area contributed by atoms with E-state index in [1.54, 1.807) is 0 Å². The van der Waals surface area contributed by atoms with E-state index in [1.807, 2.05) is 18.1 Å². The van der Waals surface area contributed by atoms with Crippen molar-refractivity contribution in [3.8, 4) is 0 Å². The normalized spacial score (nSPS) is 19.7. The lowest BCUT2D eigenvalue weighted by molar-refractivity contribution is -0.0391. The van der Waals surface area contributed by atoms with Crippen molar-refractivity contribution in [3.63, 3.8) is 0 Å². The summed E-state index contributed by atoms with van der Waals surface area (Å²) in [7, 11) is 1.87. The predicted octanol–water partition coefficient (Wildman–Crippen LogP) is 1.93. The molecule has 0 unspecified atom stereocenters. The minimum atomic E-state index is -2.70. The van der Waals surface area contributed by atoms with E-state index in [0.717, 1.165) is 26.1 Å². The molecule has 24 heavy (non-hydrogen) atoms. The van der Waals surface area contributed by atoms with Gasteiger partial charge in [0, 0.05) is 32.8 Å². The third-order valence-corrected chi connectivity index (χ3v) is 4.29. The predicted molar refractivity (Wildman–Crippen MR) is 83.1 cm³/mol. The van der Waals surface area contributed by atoms with Crippen LogP contribution >= 0.6 is 0 Å². The Kier molecular flexibility index (Phi) is 5.06. The van der Waals surface area contributed by atoms with E-state index in [4.69, 9.17) is 4.74 Å². The summed E-state index contributed by atoms with van der Waals surface area (Å²) in [4.78, 5) is 16.0. The van der Waals surface area contributed by atoms with Crippen LogP contribution in [0.4, 0.5) is 8.78 Å². The zero-order valence-electron chi connectivity index (χ0n) is 13.4. The van der Waals surface area contributed by atoms with Crippen LogP contribution in [0.2, 0.25) is 0 Å². The summed E-state index contributed by atoms with van der Waals surface area (Å²) in [6.45, 7) is 2.17. The zero-order valence-corrected chi connectivity index (χ0v) is 13.4. The molecule has 1 aromatic rings. The van der Waals surface area contributed by atoms with Gasteiger partial charge in [-0.2, -0.15) is 0 Å². The number of hydrazine groups is 1. The van der Waals surface area contributed by atoms with E-state index in [1.165, 1.54) is 18.2 Å². The fourth-order valence-corrected chi connectivity index (χ4v) is 2.96. The summed E-state index contributed by atoms with van der Waals surface area (Å²) in [5.74, 6) is 0.139. The molecule has 130 valence electrons. The van der Waals surface area contributed by atoms with Gasteiger partial charge in [-0.1, -0.05) is 6.07 Å². The molecule has 2 aliphatic heterocycles. The van der Waals surface area contributed by atoms with Gasteiger partial charge in [0.25, 0.3) is 12.3 Å². The Hall–Kier alpha value is -2.06. The van der Waals surface area contributed by atoms with Crippen LogP contribution in [0.25, 0.3) is 0 Å². The van der Waals surface area contributed by atoms with Crippen LogP contribution in [0.1, 0.15) is 35.4 Å². The smallest absolute Gasteiger partial charge is 0.280 e. The van der Waals surface area contributed by atoms with Crippen LogP contribution in [0.15, 0.2) is 30.1 Å². The molecule has 0 spiro atoms. The summed E-state index contributed by atoms with van der Waals surface area (Å²) in [6, 6.07) is 4.40. The molecule has 3 heterocycles. The first-order valence-corrected chi connectivity index (χ1v) is 7.91. The van der Waals surface area contributed by atoms with Crippen LogP contribution < -0.4 is 5.32 Å². The van der Waals surface area contributed by atoms with Crippen molar-refractivity contribution in [2.45, 2.75) is 25.3 Å². The first-order chi connectivity index (χ1) is 11.6. The van der Waals surface area contributed by atoms with E-state index in [2.05, 4.69) is 15.3 Å². The topological polar surface area (TPSA) is 57.7 Å². The Labute approximate surface area is 139 Å². The first-order valence-electron chi connectivity index (χ1n) is 7.91. The summed E-state index contributed by atoms with van der Waals surface area (Å²) >= 11 is 0. The number of amides is 1. The van der Waals surface area contributed by atoms with Gasteiger partial charge in [0.15, 0.2) is 0 Å². The quantitative estimate of drug-likeness (QED) is 0.909. The summed E-state index contributed by atoms with van der Waals surface area (Å²) < 4.78 is 30.8. The fraction of sp³-hybridized carbons (Fsp3) is 0.500. The van der Waals surface area contributed by atoms with Crippen molar-refractivity contribution >= 4 is 5.91 Å². The third-order valence-electron chi connectivity index (χ3n) is 4.29. The van der Waals surface area contributed by atoms with Gasteiger partial charge in [-0.25, -0.2) is 18.8 Å². The molecule has 1 fully saturated rings. The number of hydrogen-bond acceptors (Lipinski definition) is 5. The molecule has 0 atom stereocenters. The van der Waals surface area contributed by atoms with Crippen molar-refractivity contribution < 1.29 is 18.3 Å². The maximum Gasteiger partial charge on any atom is 0.280 e. The lowest BCUT2D eigenvalue weighted by Gasteiger charge is -2.37. The number of alkyl halides is 2. The molecule has 0 bridgehead atoms. The highest BCUT2D eigenvalue weighted by molar-refractivity contribution is 5.93. The monoisotopic (exact) mass is 338 g/mol. The second kappa shape index (κ2) is 7.23. The Morgan fingerprint density at radius 1 is 1.38 bits per heavy atom. The lowest BCUT2D eigenvalue weighted by atomic mass is 10.1. The molecule has 1 aromatic heterocycles. The molecule has 6 nitrogen and oxygen atoms in total. The molecule has 1 N–H and O–H groups in total. The minimum Gasteiger partial charge on any atom is -0.381 e. The van der Waals surface area contributed by atoms with Crippen LogP contribution in [0.5, 0.6) is 0 Å². The van der Waals surface area contributed by atoms with E-state index in [-0.39, 0.29) is 5.69 Å². The number of pyridine rings is 1. The average molecular weight is 338 g/mol. The number of nitrogens with one attached hydrogen (secondary N) is 1. The molecule has 0 saturated carbocycles. The highest BCUT2D eigenvalue weighted by Crippen LogP contribution is 2.22. The van der Waals surface area contributed by atoms with E-state index >= 15 is 0 Å². The van der Waals surface area contributed by atoms with Gasteiger partial charge >= 0.3 is 0 Å². The van der Waals surface area contributed by atoms with Crippen molar-refractivity contribution in [3.05, 3.63) is 41.5 Å². The first kappa shape index (κ1) is 16.8. The molecule has 0 radical (unpaired) electrons. The van der Waals surface area contributed by atoms with E-state index < -0.39 is 18.0 Å². The van der Waals surface area contributed by atoms with Crippen LogP contribution in [0.3, 0.4) is 0 Å². The molecule has 0 aromatic carbocycles. The maximum atomic E-state index is 12.7. The van der Waals surface area contributed by atoms with Gasteiger partial charge in [0.1, 0.15) is 17.2 Å². The Morgan fingerprint density at radius 3 is 2.83 bits per heavy atom. The molecule has 1 saturated heterocycles. The number of hydrogen-bond donors (Lipinski definition) is 1. The summed E-state index contributed by atoms with van der Waals surface area (Å²) in [5, 5.41) is 6.81. The van der Waals surface area contributed by atoms with Crippen molar-refractivity contribution in [1.82, 2.24) is 20.3 Å². The highest BCUT2D eigenvalue weighted by atomic mass is 19.3. The number of nitrogens with zero attached hydrogens (tertiary/aromatic N) is 3. The summed E-state index contributed by atoms with van der Waals surface area (Å²) in [6.07, 6.45) is 1.09. The molecule has 1 amide bonds. The third kappa shape index (κ3) is 3.54. The largest absolute Gasteiger partial charge is 0.381 e.